The monoisotopic (exact) mass is 206 g/mol. The lowest BCUT2D eigenvalue weighted by molar-refractivity contribution is 0.351. The third-order valence-electron chi connectivity index (χ3n) is 1.99. The van der Waals surface area contributed by atoms with Crippen molar-refractivity contribution in [3.05, 3.63) is 17.8 Å². The fourth-order valence-electron chi connectivity index (χ4n) is 1.21. The Labute approximate surface area is 89.5 Å². The van der Waals surface area contributed by atoms with Gasteiger partial charge in [0.15, 0.2) is 6.61 Å². The van der Waals surface area contributed by atoms with Crippen LogP contribution in [0.15, 0.2) is 12.3 Å². The van der Waals surface area contributed by atoms with Crippen LogP contribution in [0.3, 0.4) is 0 Å². The molecule has 0 amide bonds. The number of nitrogens with zero attached hydrogens (tertiary/aromatic N) is 2. The number of hydrogen-bond donors (Lipinski definition) is 0. The summed E-state index contributed by atoms with van der Waals surface area (Å²) in [6.45, 7) is 4.12. The second-order valence-corrected chi connectivity index (χ2v) is 3.37. The minimum Gasteiger partial charge on any atom is -0.481 e. The lowest BCUT2D eigenvalue weighted by Gasteiger charge is -2.12. The molecule has 4 nitrogen and oxygen atoms in total. The normalized spacial score (nSPS) is 9.80. The van der Waals surface area contributed by atoms with Gasteiger partial charge in [-0.25, -0.2) is 4.98 Å². The first kappa shape index (κ1) is 11.3. The van der Waals surface area contributed by atoms with Crippen LogP contribution in [0.4, 0.5) is 0 Å². The number of aromatic nitrogens is 1. The van der Waals surface area contributed by atoms with Gasteiger partial charge in [-0.1, -0.05) is 13.8 Å². The van der Waals surface area contributed by atoms with Crippen molar-refractivity contribution in [2.45, 2.75) is 19.8 Å². The zero-order valence-electron chi connectivity index (χ0n) is 9.15. The van der Waals surface area contributed by atoms with E-state index in [4.69, 9.17) is 14.7 Å². The van der Waals surface area contributed by atoms with Crippen molar-refractivity contribution >= 4 is 0 Å². The quantitative estimate of drug-likeness (QED) is 0.757. The molecule has 80 valence electrons. The highest BCUT2D eigenvalue weighted by Gasteiger charge is 2.10. The zero-order chi connectivity index (χ0) is 11.3. The van der Waals surface area contributed by atoms with Gasteiger partial charge in [0.2, 0.25) is 5.88 Å². The molecule has 0 atom stereocenters. The topological polar surface area (TPSA) is 55.1 Å². The van der Waals surface area contributed by atoms with Crippen LogP contribution in [0.25, 0.3) is 0 Å². The predicted molar refractivity (Wildman–Crippen MR) is 56.0 cm³/mol. The van der Waals surface area contributed by atoms with Gasteiger partial charge in [0.1, 0.15) is 11.8 Å². The van der Waals surface area contributed by atoms with Crippen molar-refractivity contribution in [2.24, 2.45) is 0 Å². The van der Waals surface area contributed by atoms with Crippen molar-refractivity contribution in [3.8, 4) is 17.7 Å². The summed E-state index contributed by atoms with van der Waals surface area (Å²) >= 11 is 0. The fraction of sp³-hybridized carbons (Fsp3) is 0.455. The van der Waals surface area contributed by atoms with Crippen LogP contribution in [-0.2, 0) is 0 Å². The smallest absolute Gasteiger partial charge is 0.216 e. The molecule has 0 radical (unpaired) electrons. The lowest BCUT2D eigenvalue weighted by Crippen LogP contribution is -2.01. The molecule has 1 rings (SSSR count). The average molecular weight is 206 g/mol. The number of hydrogen-bond acceptors (Lipinski definition) is 4. The van der Waals surface area contributed by atoms with Gasteiger partial charge >= 0.3 is 0 Å². The average Bonchev–Trinajstić information content (AvgIpc) is 2.25. The maximum absolute atomic E-state index is 8.46. The second-order valence-electron chi connectivity index (χ2n) is 3.37. The highest BCUT2D eigenvalue weighted by Crippen LogP contribution is 2.28. The summed E-state index contributed by atoms with van der Waals surface area (Å²) in [5.74, 6) is 1.46. The van der Waals surface area contributed by atoms with Gasteiger partial charge in [0.05, 0.1) is 7.11 Å². The van der Waals surface area contributed by atoms with E-state index in [1.807, 2.05) is 19.9 Å². The first-order valence-corrected chi connectivity index (χ1v) is 4.72. The van der Waals surface area contributed by atoms with E-state index in [-0.39, 0.29) is 6.61 Å². The Balaban J connectivity index is 3.00. The van der Waals surface area contributed by atoms with Gasteiger partial charge in [-0.05, 0) is 5.92 Å². The van der Waals surface area contributed by atoms with Crippen molar-refractivity contribution in [3.63, 3.8) is 0 Å². The molecule has 0 saturated carbocycles. The Morgan fingerprint density at radius 1 is 1.53 bits per heavy atom. The molecular formula is C11H14N2O2. The molecular weight excluding hydrogens is 192 g/mol. The summed E-state index contributed by atoms with van der Waals surface area (Å²) in [6.07, 6.45) is 1.72. The van der Waals surface area contributed by atoms with Gasteiger partial charge in [-0.15, -0.1) is 0 Å². The van der Waals surface area contributed by atoms with E-state index in [0.29, 0.717) is 17.5 Å². The molecule has 0 unspecified atom stereocenters. The number of ether oxygens (including phenoxy) is 2. The minimum atomic E-state index is 0.0346. The molecule has 1 aromatic heterocycles. The van der Waals surface area contributed by atoms with Gasteiger partial charge < -0.3 is 9.47 Å². The van der Waals surface area contributed by atoms with E-state index >= 15 is 0 Å². The van der Waals surface area contributed by atoms with Crippen molar-refractivity contribution in [1.82, 2.24) is 4.98 Å². The van der Waals surface area contributed by atoms with Gasteiger partial charge in [0.25, 0.3) is 0 Å². The molecule has 0 spiro atoms. The molecule has 15 heavy (non-hydrogen) atoms. The summed E-state index contributed by atoms with van der Waals surface area (Å²) < 4.78 is 10.3. The van der Waals surface area contributed by atoms with Gasteiger partial charge in [-0.2, -0.15) is 5.26 Å². The van der Waals surface area contributed by atoms with Crippen LogP contribution in [0.2, 0.25) is 0 Å². The molecule has 0 bridgehead atoms. The molecule has 0 N–H and O–H groups in total. The van der Waals surface area contributed by atoms with Crippen molar-refractivity contribution in [1.29, 1.82) is 5.26 Å². The first-order valence-electron chi connectivity index (χ1n) is 4.72. The molecule has 1 aromatic rings. The summed E-state index contributed by atoms with van der Waals surface area (Å²) in [7, 11) is 1.55. The maximum atomic E-state index is 8.46. The van der Waals surface area contributed by atoms with Crippen molar-refractivity contribution < 1.29 is 9.47 Å². The summed E-state index contributed by atoms with van der Waals surface area (Å²) in [5, 5.41) is 8.46. The Bertz CT molecular complexity index is 369. The molecule has 0 saturated heterocycles. The summed E-state index contributed by atoms with van der Waals surface area (Å²) in [5.41, 5.74) is 0.978. The SMILES string of the molecule is COc1cc(OCC#N)c(C(C)C)cn1. The Kier molecular flexibility index (Phi) is 3.92. The maximum Gasteiger partial charge on any atom is 0.216 e. The minimum absolute atomic E-state index is 0.0346. The highest BCUT2D eigenvalue weighted by atomic mass is 16.5. The highest BCUT2D eigenvalue weighted by molar-refractivity contribution is 5.37. The second kappa shape index (κ2) is 5.20. The van der Waals surface area contributed by atoms with Crippen LogP contribution in [0.1, 0.15) is 25.3 Å². The van der Waals surface area contributed by atoms with E-state index < -0.39 is 0 Å². The Morgan fingerprint density at radius 2 is 2.27 bits per heavy atom. The number of methoxy groups -OCH3 is 1. The molecule has 0 fully saturated rings. The number of pyridine rings is 1. The number of nitriles is 1. The molecule has 1 heterocycles. The molecule has 0 aliphatic carbocycles. The third-order valence-corrected chi connectivity index (χ3v) is 1.99. The van der Waals surface area contributed by atoms with Crippen LogP contribution in [0, 0.1) is 11.3 Å². The Hall–Kier alpha value is -1.76. The van der Waals surface area contributed by atoms with E-state index in [1.54, 1.807) is 19.4 Å². The number of rotatable bonds is 4. The van der Waals surface area contributed by atoms with Crippen LogP contribution >= 0.6 is 0 Å². The van der Waals surface area contributed by atoms with Crippen LogP contribution < -0.4 is 9.47 Å². The largest absolute Gasteiger partial charge is 0.481 e. The first-order chi connectivity index (χ1) is 7.19. The lowest BCUT2D eigenvalue weighted by atomic mass is 10.1. The van der Waals surface area contributed by atoms with Gasteiger partial charge in [-0.3, -0.25) is 0 Å². The fourth-order valence-corrected chi connectivity index (χ4v) is 1.21. The van der Waals surface area contributed by atoms with E-state index in [0.717, 1.165) is 5.56 Å². The van der Waals surface area contributed by atoms with Crippen LogP contribution in [0.5, 0.6) is 11.6 Å². The summed E-state index contributed by atoms with van der Waals surface area (Å²) in [6, 6.07) is 3.64. The predicted octanol–water partition coefficient (Wildman–Crippen LogP) is 2.12. The van der Waals surface area contributed by atoms with E-state index in [9.17, 15) is 0 Å². The third kappa shape index (κ3) is 2.84. The van der Waals surface area contributed by atoms with Gasteiger partial charge in [0, 0.05) is 17.8 Å². The van der Waals surface area contributed by atoms with Crippen LogP contribution in [-0.4, -0.2) is 18.7 Å². The Morgan fingerprint density at radius 3 is 2.80 bits per heavy atom. The zero-order valence-corrected chi connectivity index (χ0v) is 9.15. The standard InChI is InChI=1S/C11H14N2O2/c1-8(2)9-7-13-11(14-3)6-10(9)15-5-4-12/h6-8H,5H2,1-3H3. The van der Waals surface area contributed by atoms with Crippen molar-refractivity contribution in [2.75, 3.05) is 13.7 Å². The summed E-state index contributed by atoms with van der Waals surface area (Å²) in [4.78, 5) is 4.10. The molecule has 4 heteroatoms. The van der Waals surface area contributed by atoms with E-state index in [1.165, 1.54) is 0 Å². The molecule has 0 aromatic carbocycles. The van der Waals surface area contributed by atoms with E-state index in [2.05, 4.69) is 4.98 Å². The molecule has 0 aliphatic heterocycles. The molecule has 0 aliphatic rings.